The number of hydrogen-bond acceptors (Lipinski definition) is 3. The van der Waals surface area contributed by atoms with Gasteiger partial charge in [0.15, 0.2) is 4.90 Å². The summed E-state index contributed by atoms with van der Waals surface area (Å²) >= 11 is 0. The molecular weight excluding hydrogens is 204 g/mol. The number of halogens is 2. The average molecular weight is 209 g/mol. The minimum absolute atomic E-state index is 0.319. The van der Waals surface area contributed by atoms with E-state index in [2.05, 4.69) is 5.14 Å². The lowest BCUT2D eigenvalue weighted by atomic mass is 10.3. The van der Waals surface area contributed by atoms with E-state index in [1.54, 1.807) is 0 Å². The van der Waals surface area contributed by atoms with Gasteiger partial charge in [0.25, 0.3) is 0 Å². The Labute approximate surface area is 72.7 Å². The molecule has 13 heavy (non-hydrogen) atoms. The molecule has 1 rings (SSSR count). The maximum absolute atomic E-state index is 12.7. The van der Waals surface area contributed by atoms with E-state index < -0.39 is 32.3 Å². The molecule has 0 saturated heterocycles. The van der Waals surface area contributed by atoms with Crippen LogP contribution in [0.5, 0.6) is 5.75 Å². The highest BCUT2D eigenvalue weighted by molar-refractivity contribution is 7.89. The molecule has 0 radical (unpaired) electrons. The van der Waals surface area contributed by atoms with Gasteiger partial charge in [0.05, 0.1) is 0 Å². The molecule has 7 heteroatoms. The summed E-state index contributed by atoms with van der Waals surface area (Å²) in [6.45, 7) is 0. The van der Waals surface area contributed by atoms with E-state index in [-0.39, 0.29) is 0 Å². The van der Waals surface area contributed by atoms with Gasteiger partial charge in [0, 0.05) is 12.1 Å². The van der Waals surface area contributed by atoms with Crippen LogP contribution in [0.4, 0.5) is 8.78 Å². The Morgan fingerprint density at radius 1 is 1.31 bits per heavy atom. The van der Waals surface area contributed by atoms with Crippen LogP contribution < -0.4 is 5.14 Å². The van der Waals surface area contributed by atoms with E-state index in [0.29, 0.717) is 12.1 Å². The highest BCUT2D eigenvalue weighted by Crippen LogP contribution is 2.25. The average Bonchev–Trinajstić information content (AvgIpc) is 1.78. The molecular formula is C6H5F2NO3S. The number of primary sulfonamides is 1. The fourth-order valence-electron chi connectivity index (χ4n) is 0.828. The van der Waals surface area contributed by atoms with Crippen LogP contribution >= 0.6 is 0 Å². The number of sulfonamides is 1. The predicted octanol–water partition coefficient (Wildman–Crippen LogP) is 0.318. The van der Waals surface area contributed by atoms with Crippen LogP contribution in [0.3, 0.4) is 0 Å². The quantitative estimate of drug-likeness (QED) is 0.698. The molecule has 4 nitrogen and oxygen atoms in total. The fourth-order valence-corrected chi connectivity index (χ4v) is 1.51. The van der Waals surface area contributed by atoms with Crippen LogP contribution in [0.2, 0.25) is 0 Å². The molecule has 0 aromatic heterocycles. The van der Waals surface area contributed by atoms with E-state index in [1.807, 2.05) is 0 Å². The van der Waals surface area contributed by atoms with Crippen molar-refractivity contribution in [3.05, 3.63) is 23.8 Å². The van der Waals surface area contributed by atoms with Gasteiger partial charge >= 0.3 is 0 Å². The van der Waals surface area contributed by atoms with Crippen LogP contribution in [0.25, 0.3) is 0 Å². The molecule has 0 aliphatic rings. The Morgan fingerprint density at radius 2 is 1.85 bits per heavy atom. The van der Waals surface area contributed by atoms with E-state index >= 15 is 0 Å². The van der Waals surface area contributed by atoms with Gasteiger partial charge in [-0.15, -0.1) is 0 Å². The molecule has 1 aromatic carbocycles. The van der Waals surface area contributed by atoms with Crippen molar-refractivity contribution in [2.24, 2.45) is 5.14 Å². The van der Waals surface area contributed by atoms with Crippen LogP contribution in [-0.4, -0.2) is 13.5 Å². The molecule has 0 aliphatic heterocycles. The van der Waals surface area contributed by atoms with Crippen LogP contribution in [0.15, 0.2) is 17.0 Å². The highest BCUT2D eigenvalue weighted by atomic mass is 32.2. The van der Waals surface area contributed by atoms with Crippen molar-refractivity contribution in [1.29, 1.82) is 0 Å². The molecule has 72 valence electrons. The van der Waals surface area contributed by atoms with Gasteiger partial charge in [-0.3, -0.25) is 0 Å². The Balaban J connectivity index is 3.57. The zero-order valence-corrected chi connectivity index (χ0v) is 6.98. The molecule has 0 unspecified atom stereocenters. The van der Waals surface area contributed by atoms with Crippen molar-refractivity contribution in [2.45, 2.75) is 4.90 Å². The maximum atomic E-state index is 12.7. The third-order valence-electron chi connectivity index (χ3n) is 1.27. The zero-order chi connectivity index (χ0) is 10.2. The van der Waals surface area contributed by atoms with Gasteiger partial charge in [-0.25, -0.2) is 22.3 Å². The van der Waals surface area contributed by atoms with E-state index in [0.717, 1.165) is 0 Å². The van der Waals surface area contributed by atoms with Gasteiger partial charge in [-0.1, -0.05) is 0 Å². The lowest BCUT2D eigenvalue weighted by Crippen LogP contribution is -2.14. The predicted molar refractivity (Wildman–Crippen MR) is 39.4 cm³/mol. The summed E-state index contributed by atoms with van der Waals surface area (Å²) in [5.41, 5.74) is 0. The Hall–Kier alpha value is -1.21. The summed E-state index contributed by atoms with van der Waals surface area (Å²) in [6.07, 6.45) is 0. The van der Waals surface area contributed by atoms with Gasteiger partial charge in [-0.05, 0) is 0 Å². The molecule has 0 saturated carbocycles. The third-order valence-corrected chi connectivity index (χ3v) is 2.25. The first kappa shape index (κ1) is 9.87. The standard InChI is InChI=1S/C6H5F2NO3S/c7-3-1-4(8)6(5(10)2-3)13(9,11)12/h1-2,10H,(H2,9,11,12). The molecule has 0 spiro atoms. The maximum Gasteiger partial charge on any atom is 0.244 e. The number of aromatic hydroxyl groups is 1. The zero-order valence-electron chi connectivity index (χ0n) is 6.16. The molecule has 0 heterocycles. The van der Waals surface area contributed by atoms with Crippen molar-refractivity contribution in [3.8, 4) is 5.75 Å². The van der Waals surface area contributed by atoms with Crippen LogP contribution in [-0.2, 0) is 10.0 Å². The van der Waals surface area contributed by atoms with E-state index in [1.165, 1.54) is 0 Å². The molecule has 3 N–H and O–H groups in total. The van der Waals surface area contributed by atoms with Gasteiger partial charge in [0.2, 0.25) is 10.0 Å². The summed E-state index contributed by atoms with van der Waals surface area (Å²) in [6, 6.07) is 0.780. The van der Waals surface area contributed by atoms with E-state index in [9.17, 15) is 17.2 Å². The minimum Gasteiger partial charge on any atom is -0.506 e. The first-order valence-corrected chi connectivity index (χ1v) is 4.58. The molecule has 0 aliphatic carbocycles. The number of rotatable bonds is 1. The smallest absolute Gasteiger partial charge is 0.244 e. The SMILES string of the molecule is NS(=O)(=O)c1c(O)cc(F)cc1F. The third kappa shape index (κ3) is 1.93. The Morgan fingerprint density at radius 3 is 2.23 bits per heavy atom. The molecule has 0 fully saturated rings. The number of benzene rings is 1. The summed E-state index contributed by atoms with van der Waals surface area (Å²) in [5, 5.41) is 13.4. The van der Waals surface area contributed by atoms with Crippen LogP contribution in [0.1, 0.15) is 0 Å². The van der Waals surface area contributed by atoms with Gasteiger partial charge in [0.1, 0.15) is 17.4 Å². The monoisotopic (exact) mass is 209 g/mol. The number of phenols is 1. The second-order valence-corrected chi connectivity index (χ2v) is 3.78. The second kappa shape index (κ2) is 2.93. The number of phenolic OH excluding ortho intramolecular Hbond substituents is 1. The largest absolute Gasteiger partial charge is 0.506 e. The number of hydrogen-bond donors (Lipinski definition) is 2. The van der Waals surface area contributed by atoms with Crippen molar-refractivity contribution >= 4 is 10.0 Å². The molecule has 0 atom stereocenters. The highest BCUT2D eigenvalue weighted by Gasteiger charge is 2.20. The summed E-state index contributed by atoms with van der Waals surface area (Å²) in [7, 11) is -4.37. The summed E-state index contributed by atoms with van der Waals surface area (Å²) in [4.78, 5) is -1.10. The van der Waals surface area contributed by atoms with Crippen molar-refractivity contribution in [3.63, 3.8) is 0 Å². The first-order chi connectivity index (χ1) is 5.82. The van der Waals surface area contributed by atoms with Gasteiger partial charge < -0.3 is 5.11 Å². The van der Waals surface area contributed by atoms with Gasteiger partial charge in [-0.2, -0.15) is 0 Å². The van der Waals surface area contributed by atoms with Crippen molar-refractivity contribution in [2.75, 3.05) is 0 Å². The normalized spacial score (nSPS) is 11.6. The molecule has 0 amide bonds. The topological polar surface area (TPSA) is 80.4 Å². The van der Waals surface area contributed by atoms with E-state index in [4.69, 9.17) is 5.11 Å². The molecule has 1 aromatic rings. The first-order valence-electron chi connectivity index (χ1n) is 3.03. The van der Waals surface area contributed by atoms with Crippen LogP contribution in [0, 0.1) is 11.6 Å². The lowest BCUT2D eigenvalue weighted by Gasteiger charge is -2.02. The lowest BCUT2D eigenvalue weighted by molar-refractivity contribution is 0.435. The molecule has 0 bridgehead atoms. The second-order valence-electron chi connectivity index (χ2n) is 2.28. The summed E-state index contributed by atoms with van der Waals surface area (Å²) < 4.78 is 46.4. The fraction of sp³-hybridized carbons (Fsp3) is 0. The summed E-state index contributed by atoms with van der Waals surface area (Å²) in [5.74, 6) is -3.54. The minimum atomic E-state index is -4.37. The Bertz CT molecular complexity index is 420. The van der Waals surface area contributed by atoms with Crippen molar-refractivity contribution in [1.82, 2.24) is 0 Å². The van der Waals surface area contributed by atoms with Crippen molar-refractivity contribution < 1.29 is 22.3 Å². The Kier molecular flexibility index (Phi) is 2.22. The number of nitrogens with two attached hydrogens (primary N) is 1.